The van der Waals surface area contributed by atoms with Crippen LogP contribution in [0, 0.1) is 0 Å². The van der Waals surface area contributed by atoms with E-state index in [-0.39, 0.29) is 12.1 Å². The number of nitrogens with zero attached hydrogens (tertiary/aromatic N) is 2. The summed E-state index contributed by atoms with van der Waals surface area (Å²) in [5.74, 6) is 0. The summed E-state index contributed by atoms with van der Waals surface area (Å²) < 4.78 is 28.2. The molecule has 164 valence electrons. The molecule has 2 aromatic rings. The van der Waals surface area contributed by atoms with E-state index in [1.807, 2.05) is 18.2 Å². The third kappa shape index (κ3) is 3.96. The number of fused-ring (bicyclic) bond motifs is 2. The van der Waals surface area contributed by atoms with Gasteiger partial charge in [0, 0.05) is 31.4 Å². The van der Waals surface area contributed by atoms with Gasteiger partial charge in [0.2, 0.25) is 10.0 Å². The molecule has 0 radical (unpaired) electrons. The van der Waals surface area contributed by atoms with E-state index in [0.29, 0.717) is 31.0 Å². The number of hydrogen-bond donors (Lipinski definition) is 1. The van der Waals surface area contributed by atoms with Gasteiger partial charge in [0.25, 0.3) is 0 Å². The van der Waals surface area contributed by atoms with Gasteiger partial charge < -0.3 is 5.32 Å². The van der Waals surface area contributed by atoms with Crippen LogP contribution < -0.4 is 10.2 Å². The summed E-state index contributed by atoms with van der Waals surface area (Å²) >= 11 is 0. The Bertz CT molecular complexity index is 1090. The zero-order valence-electron chi connectivity index (χ0n) is 17.7. The van der Waals surface area contributed by atoms with Crippen molar-refractivity contribution in [1.82, 2.24) is 9.62 Å². The third-order valence-corrected chi connectivity index (χ3v) is 8.70. The van der Waals surface area contributed by atoms with Crippen LogP contribution in [0.5, 0.6) is 0 Å². The first-order valence-corrected chi connectivity index (χ1v) is 12.7. The fourth-order valence-corrected chi connectivity index (χ4v) is 6.54. The maximum Gasteiger partial charge on any atom is 0.322 e. The second-order valence-corrected chi connectivity index (χ2v) is 10.8. The summed E-state index contributed by atoms with van der Waals surface area (Å²) in [4.78, 5) is 14.9. The van der Waals surface area contributed by atoms with Crippen molar-refractivity contribution in [3.8, 4) is 0 Å². The molecule has 0 spiro atoms. The van der Waals surface area contributed by atoms with Crippen LogP contribution in [0.25, 0.3) is 0 Å². The minimum atomic E-state index is -3.57. The smallest absolute Gasteiger partial charge is 0.322 e. The Balaban J connectivity index is 1.33. The van der Waals surface area contributed by atoms with E-state index in [4.69, 9.17) is 0 Å². The van der Waals surface area contributed by atoms with Crippen molar-refractivity contribution in [1.29, 1.82) is 0 Å². The quantitative estimate of drug-likeness (QED) is 0.790. The molecule has 2 aliphatic heterocycles. The monoisotopic (exact) mass is 439 g/mol. The molecule has 1 fully saturated rings. The van der Waals surface area contributed by atoms with Crippen LogP contribution in [0.2, 0.25) is 0 Å². The largest absolute Gasteiger partial charge is 0.335 e. The number of sulfonamides is 1. The summed E-state index contributed by atoms with van der Waals surface area (Å²) in [6, 6.07) is 13.4. The number of benzene rings is 2. The SMILES string of the molecule is O=C(NC1CCCCC1)N1CCc2cc(S(=O)(=O)N3CCc4ccccc4C3)ccc21. The van der Waals surface area contributed by atoms with Gasteiger partial charge in [-0.15, -0.1) is 0 Å². The predicted octanol–water partition coefficient (Wildman–Crippen LogP) is 3.84. The first-order valence-electron chi connectivity index (χ1n) is 11.3. The molecule has 5 rings (SSSR count). The molecule has 0 saturated heterocycles. The average Bonchev–Trinajstić information content (AvgIpc) is 3.23. The van der Waals surface area contributed by atoms with Crippen molar-refractivity contribution in [2.24, 2.45) is 0 Å². The Morgan fingerprint density at radius 3 is 2.45 bits per heavy atom. The summed E-state index contributed by atoms with van der Waals surface area (Å²) in [6.07, 6.45) is 7.09. The predicted molar refractivity (Wildman–Crippen MR) is 121 cm³/mol. The van der Waals surface area contributed by atoms with Gasteiger partial charge in [0.05, 0.1) is 4.90 Å². The van der Waals surface area contributed by atoms with Crippen molar-refractivity contribution in [2.45, 2.75) is 62.4 Å². The summed E-state index contributed by atoms with van der Waals surface area (Å²) in [6.45, 7) is 1.49. The molecular weight excluding hydrogens is 410 g/mol. The van der Waals surface area contributed by atoms with E-state index < -0.39 is 10.0 Å². The molecule has 2 aromatic carbocycles. The lowest BCUT2D eigenvalue weighted by Gasteiger charge is -2.28. The third-order valence-electron chi connectivity index (χ3n) is 6.86. The lowest BCUT2D eigenvalue weighted by Crippen LogP contribution is -2.45. The number of nitrogens with one attached hydrogen (secondary N) is 1. The Hall–Kier alpha value is -2.38. The normalized spacial score (nSPS) is 19.7. The van der Waals surface area contributed by atoms with Gasteiger partial charge in [0.15, 0.2) is 0 Å². The molecule has 0 atom stereocenters. The molecule has 0 unspecified atom stereocenters. The zero-order valence-corrected chi connectivity index (χ0v) is 18.5. The Morgan fingerprint density at radius 1 is 0.903 bits per heavy atom. The average molecular weight is 440 g/mol. The highest BCUT2D eigenvalue weighted by atomic mass is 32.2. The van der Waals surface area contributed by atoms with Gasteiger partial charge in [-0.1, -0.05) is 43.5 Å². The second-order valence-electron chi connectivity index (χ2n) is 8.83. The first kappa shape index (κ1) is 20.5. The van der Waals surface area contributed by atoms with Crippen LogP contribution in [-0.2, 0) is 29.4 Å². The van der Waals surface area contributed by atoms with Gasteiger partial charge in [0.1, 0.15) is 0 Å². The number of carbonyl (C=O) groups excluding carboxylic acids is 1. The molecule has 1 aliphatic carbocycles. The standard InChI is InChI=1S/C24H29N3O3S/c28-24(25-21-8-2-1-3-9-21)27-15-13-19-16-22(10-11-23(19)27)31(29,30)26-14-12-18-6-4-5-7-20(18)17-26/h4-7,10-11,16,21H,1-3,8-9,12-15,17H2,(H,25,28). The van der Waals surface area contributed by atoms with Gasteiger partial charge in [-0.05, 0) is 60.6 Å². The van der Waals surface area contributed by atoms with E-state index in [0.717, 1.165) is 36.1 Å². The van der Waals surface area contributed by atoms with Crippen molar-refractivity contribution >= 4 is 21.7 Å². The number of urea groups is 1. The van der Waals surface area contributed by atoms with Crippen molar-refractivity contribution in [3.05, 3.63) is 59.2 Å². The van der Waals surface area contributed by atoms with E-state index >= 15 is 0 Å². The van der Waals surface area contributed by atoms with Crippen LogP contribution in [-0.4, -0.2) is 37.9 Å². The van der Waals surface area contributed by atoms with E-state index in [1.165, 1.54) is 24.8 Å². The lowest BCUT2D eigenvalue weighted by molar-refractivity contribution is 0.238. The zero-order chi connectivity index (χ0) is 21.4. The van der Waals surface area contributed by atoms with Gasteiger partial charge in [-0.25, -0.2) is 13.2 Å². The van der Waals surface area contributed by atoms with Gasteiger partial charge >= 0.3 is 6.03 Å². The molecule has 3 aliphatic rings. The number of rotatable bonds is 3. The van der Waals surface area contributed by atoms with E-state index in [9.17, 15) is 13.2 Å². The fraction of sp³-hybridized carbons (Fsp3) is 0.458. The van der Waals surface area contributed by atoms with Crippen LogP contribution in [0.1, 0.15) is 48.8 Å². The molecular formula is C24H29N3O3S. The molecule has 7 heteroatoms. The Labute approximate surface area is 184 Å². The molecule has 1 saturated carbocycles. The minimum Gasteiger partial charge on any atom is -0.335 e. The number of hydrogen-bond acceptors (Lipinski definition) is 3. The maximum absolute atomic E-state index is 13.3. The molecule has 2 heterocycles. The molecule has 0 bridgehead atoms. The van der Waals surface area contributed by atoms with Crippen LogP contribution in [0.15, 0.2) is 47.4 Å². The van der Waals surface area contributed by atoms with Crippen LogP contribution in [0.3, 0.4) is 0 Å². The molecule has 6 nitrogen and oxygen atoms in total. The van der Waals surface area contributed by atoms with Crippen LogP contribution >= 0.6 is 0 Å². The molecule has 2 amide bonds. The number of amides is 2. The van der Waals surface area contributed by atoms with Gasteiger partial charge in [-0.2, -0.15) is 4.31 Å². The lowest BCUT2D eigenvalue weighted by atomic mass is 9.96. The van der Waals surface area contributed by atoms with E-state index in [2.05, 4.69) is 11.4 Å². The molecule has 0 aromatic heterocycles. The highest BCUT2D eigenvalue weighted by Crippen LogP contribution is 2.33. The van der Waals surface area contributed by atoms with Crippen molar-refractivity contribution < 1.29 is 13.2 Å². The summed E-state index contributed by atoms with van der Waals surface area (Å²) in [5.41, 5.74) is 4.06. The topological polar surface area (TPSA) is 69.7 Å². The van der Waals surface area contributed by atoms with Crippen molar-refractivity contribution in [2.75, 3.05) is 18.0 Å². The number of anilines is 1. The first-order chi connectivity index (χ1) is 15.0. The van der Waals surface area contributed by atoms with Gasteiger partial charge in [-0.3, -0.25) is 4.90 Å². The maximum atomic E-state index is 13.3. The Kier molecular flexibility index (Phi) is 5.48. The highest BCUT2D eigenvalue weighted by Gasteiger charge is 2.31. The Morgan fingerprint density at radius 2 is 1.65 bits per heavy atom. The molecule has 31 heavy (non-hydrogen) atoms. The van der Waals surface area contributed by atoms with E-state index in [1.54, 1.807) is 27.4 Å². The number of carbonyl (C=O) groups is 1. The van der Waals surface area contributed by atoms with Crippen LogP contribution in [0.4, 0.5) is 10.5 Å². The minimum absolute atomic E-state index is 0.0612. The summed E-state index contributed by atoms with van der Waals surface area (Å²) in [7, 11) is -3.57. The second kappa shape index (κ2) is 8.28. The molecule has 1 N–H and O–H groups in total. The summed E-state index contributed by atoms with van der Waals surface area (Å²) in [5, 5.41) is 3.17. The fourth-order valence-electron chi connectivity index (χ4n) is 5.07. The highest BCUT2D eigenvalue weighted by molar-refractivity contribution is 7.89. The van der Waals surface area contributed by atoms with Crippen molar-refractivity contribution in [3.63, 3.8) is 0 Å².